The Morgan fingerprint density at radius 3 is 2.72 bits per heavy atom. The van der Waals surface area contributed by atoms with E-state index in [1.54, 1.807) is 6.08 Å². The number of aliphatic hydroxyl groups excluding tert-OH is 1. The molecule has 0 aliphatic carbocycles. The summed E-state index contributed by atoms with van der Waals surface area (Å²) >= 11 is 5.97. The van der Waals surface area contributed by atoms with Crippen LogP contribution < -0.4 is 0 Å². The molecular formula is C23H27ClN2O3. The molecule has 0 radical (unpaired) electrons. The van der Waals surface area contributed by atoms with E-state index in [2.05, 4.69) is 28.8 Å². The third-order valence-corrected chi connectivity index (χ3v) is 4.89. The molecule has 1 N–H and O–H groups in total. The quantitative estimate of drug-likeness (QED) is 0.447. The Balaban J connectivity index is 1.58. The Hall–Kier alpha value is -2.18. The summed E-state index contributed by atoms with van der Waals surface area (Å²) < 4.78 is 5.39. The smallest absolute Gasteiger partial charge is 0.145 e. The maximum atomic E-state index is 10.4. The average Bonchev–Trinajstić information content (AvgIpc) is 3.18. The molecule has 0 fully saturated rings. The van der Waals surface area contributed by atoms with Gasteiger partial charge in [0.15, 0.2) is 0 Å². The van der Waals surface area contributed by atoms with Gasteiger partial charge in [-0.15, -0.1) is 6.58 Å². The standard InChI is InChI=1S/C23H27ClN2O3/c1-2-12-28-17-21(27)15-26(14-18-6-4-3-5-7-18)16-22-13-23(25-29-22)19-8-10-20(24)11-9-19/h2-11,21-22,27H,1,12-17H2. The third-order valence-electron chi connectivity index (χ3n) is 4.64. The molecular weight excluding hydrogens is 388 g/mol. The summed E-state index contributed by atoms with van der Waals surface area (Å²) in [5.41, 5.74) is 3.12. The van der Waals surface area contributed by atoms with Gasteiger partial charge in [0.25, 0.3) is 0 Å². The number of benzene rings is 2. The van der Waals surface area contributed by atoms with Crippen molar-refractivity contribution in [3.05, 3.63) is 83.4 Å². The van der Waals surface area contributed by atoms with E-state index in [-0.39, 0.29) is 12.7 Å². The average molecular weight is 415 g/mol. The lowest BCUT2D eigenvalue weighted by molar-refractivity contribution is 0.00336. The molecule has 1 aliphatic heterocycles. The van der Waals surface area contributed by atoms with Crippen LogP contribution >= 0.6 is 11.6 Å². The molecule has 2 aromatic carbocycles. The second-order valence-electron chi connectivity index (χ2n) is 7.14. The van der Waals surface area contributed by atoms with E-state index in [1.807, 2.05) is 42.5 Å². The minimum absolute atomic E-state index is 0.0642. The SMILES string of the molecule is C=CCOCC(O)CN(Cc1ccccc1)CC1CC(c2ccc(Cl)cc2)=NO1. The van der Waals surface area contributed by atoms with Gasteiger partial charge in [-0.25, -0.2) is 0 Å². The van der Waals surface area contributed by atoms with Gasteiger partial charge >= 0.3 is 0 Å². The van der Waals surface area contributed by atoms with Crippen molar-refractivity contribution in [2.45, 2.75) is 25.2 Å². The summed E-state index contributed by atoms with van der Waals surface area (Å²) in [6.45, 7) is 6.20. The van der Waals surface area contributed by atoms with Crippen molar-refractivity contribution < 1.29 is 14.7 Å². The first-order valence-electron chi connectivity index (χ1n) is 9.75. The predicted molar refractivity (Wildman–Crippen MR) is 116 cm³/mol. The van der Waals surface area contributed by atoms with Crippen LogP contribution in [0.3, 0.4) is 0 Å². The summed E-state index contributed by atoms with van der Waals surface area (Å²) in [6.07, 6.45) is 1.74. The van der Waals surface area contributed by atoms with Crippen LogP contribution in [-0.2, 0) is 16.1 Å². The van der Waals surface area contributed by atoms with Crippen LogP contribution in [0.2, 0.25) is 5.02 Å². The first-order valence-corrected chi connectivity index (χ1v) is 10.1. The largest absolute Gasteiger partial charge is 0.390 e. The zero-order chi connectivity index (χ0) is 20.5. The van der Waals surface area contributed by atoms with Gasteiger partial charge in [-0.2, -0.15) is 0 Å². The minimum atomic E-state index is -0.586. The van der Waals surface area contributed by atoms with Gasteiger partial charge in [0, 0.05) is 31.1 Å². The molecule has 2 unspecified atom stereocenters. The molecule has 1 aliphatic rings. The number of aliphatic hydroxyl groups is 1. The summed E-state index contributed by atoms with van der Waals surface area (Å²) in [5, 5.41) is 15.3. The number of rotatable bonds is 11. The highest BCUT2D eigenvalue weighted by Crippen LogP contribution is 2.20. The molecule has 0 spiro atoms. The van der Waals surface area contributed by atoms with E-state index in [9.17, 15) is 5.11 Å². The molecule has 1 heterocycles. The fourth-order valence-corrected chi connectivity index (χ4v) is 3.44. The highest BCUT2D eigenvalue weighted by atomic mass is 35.5. The van der Waals surface area contributed by atoms with Gasteiger partial charge in [0.1, 0.15) is 6.10 Å². The number of hydrogen-bond acceptors (Lipinski definition) is 5. The van der Waals surface area contributed by atoms with Gasteiger partial charge in [-0.05, 0) is 23.3 Å². The van der Waals surface area contributed by atoms with Crippen molar-refractivity contribution in [1.29, 1.82) is 0 Å². The monoisotopic (exact) mass is 414 g/mol. The summed E-state index contributed by atoms with van der Waals surface area (Å²) in [7, 11) is 0. The van der Waals surface area contributed by atoms with Crippen LogP contribution in [0.25, 0.3) is 0 Å². The molecule has 5 nitrogen and oxygen atoms in total. The van der Waals surface area contributed by atoms with Crippen molar-refractivity contribution in [1.82, 2.24) is 4.90 Å². The Kier molecular flexibility index (Phi) is 8.25. The second-order valence-corrected chi connectivity index (χ2v) is 7.57. The van der Waals surface area contributed by atoms with Crippen LogP contribution in [-0.4, -0.2) is 54.2 Å². The van der Waals surface area contributed by atoms with E-state index in [0.717, 1.165) is 24.2 Å². The Labute approximate surface area is 177 Å². The van der Waals surface area contributed by atoms with Gasteiger partial charge < -0.3 is 14.7 Å². The van der Waals surface area contributed by atoms with E-state index >= 15 is 0 Å². The fourth-order valence-electron chi connectivity index (χ4n) is 3.31. The lowest BCUT2D eigenvalue weighted by Crippen LogP contribution is -2.39. The summed E-state index contributed by atoms with van der Waals surface area (Å²) in [4.78, 5) is 7.87. The molecule has 0 aromatic heterocycles. The minimum Gasteiger partial charge on any atom is -0.390 e. The first kappa shape index (κ1) is 21.5. The maximum absolute atomic E-state index is 10.4. The molecule has 154 valence electrons. The highest BCUT2D eigenvalue weighted by Gasteiger charge is 2.25. The molecule has 0 bridgehead atoms. The van der Waals surface area contributed by atoms with Crippen LogP contribution in [0.4, 0.5) is 0 Å². The van der Waals surface area contributed by atoms with Gasteiger partial charge in [-0.1, -0.05) is 65.3 Å². The van der Waals surface area contributed by atoms with E-state index < -0.39 is 6.10 Å². The van der Waals surface area contributed by atoms with Crippen LogP contribution in [0.1, 0.15) is 17.5 Å². The fraction of sp³-hybridized carbons (Fsp3) is 0.348. The van der Waals surface area contributed by atoms with Crippen molar-refractivity contribution in [2.75, 3.05) is 26.3 Å². The molecule has 2 atom stereocenters. The topological polar surface area (TPSA) is 54.3 Å². The maximum Gasteiger partial charge on any atom is 0.145 e. The van der Waals surface area contributed by atoms with Gasteiger partial charge in [-0.3, -0.25) is 4.90 Å². The molecule has 6 heteroatoms. The zero-order valence-electron chi connectivity index (χ0n) is 16.4. The van der Waals surface area contributed by atoms with Crippen LogP contribution in [0.5, 0.6) is 0 Å². The van der Waals surface area contributed by atoms with Crippen LogP contribution in [0.15, 0.2) is 72.4 Å². The predicted octanol–water partition coefficient (Wildman–Crippen LogP) is 3.90. The Morgan fingerprint density at radius 2 is 2.00 bits per heavy atom. The van der Waals surface area contributed by atoms with E-state index in [0.29, 0.717) is 24.7 Å². The first-order chi connectivity index (χ1) is 14.1. The summed E-state index contributed by atoms with van der Waals surface area (Å²) in [5.74, 6) is 0. The van der Waals surface area contributed by atoms with Gasteiger partial charge in [0.2, 0.25) is 0 Å². The van der Waals surface area contributed by atoms with Crippen molar-refractivity contribution in [3.63, 3.8) is 0 Å². The van der Waals surface area contributed by atoms with E-state index in [4.69, 9.17) is 21.2 Å². The van der Waals surface area contributed by atoms with Crippen molar-refractivity contribution in [3.8, 4) is 0 Å². The molecule has 2 aromatic rings. The molecule has 0 amide bonds. The van der Waals surface area contributed by atoms with Crippen LogP contribution in [0, 0.1) is 0 Å². The number of halogens is 1. The Morgan fingerprint density at radius 1 is 1.24 bits per heavy atom. The number of hydrogen-bond donors (Lipinski definition) is 1. The molecule has 0 saturated carbocycles. The normalized spacial score (nSPS) is 17.1. The number of ether oxygens (including phenoxy) is 1. The lowest BCUT2D eigenvalue weighted by atomic mass is 10.0. The highest BCUT2D eigenvalue weighted by molar-refractivity contribution is 6.30. The van der Waals surface area contributed by atoms with Gasteiger partial charge in [0.05, 0.1) is 25.0 Å². The second kappa shape index (κ2) is 11.1. The molecule has 29 heavy (non-hydrogen) atoms. The molecule has 3 rings (SSSR count). The van der Waals surface area contributed by atoms with Crippen molar-refractivity contribution in [2.24, 2.45) is 5.16 Å². The zero-order valence-corrected chi connectivity index (χ0v) is 17.2. The third kappa shape index (κ3) is 6.98. The lowest BCUT2D eigenvalue weighted by Gasteiger charge is -2.27. The summed E-state index contributed by atoms with van der Waals surface area (Å²) in [6, 6.07) is 17.8. The number of oxime groups is 1. The van der Waals surface area contributed by atoms with E-state index in [1.165, 1.54) is 5.56 Å². The van der Waals surface area contributed by atoms with Crippen molar-refractivity contribution >= 4 is 17.3 Å². The Bertz CT molecular complexity index is 796. The number of nitrogens with zero attached hydrogens (tertiary/aromatic N) is 2. The molecule has 0 saturated heterocycles.